The van der Waals surface area contributed by atoms with Crippen LogP contribution in [0.1, 0.15) is 25.3 Å². The van der Waals surface area contributed by atoms with Gasteiger partial charge in [-0.2, -0.15) is 17.7 Å². The summed E-state index contributed by atoms with van der Waals surface area (Å²) in [7, 11) is -1.59. The Morgan fingerprint density at radius 3 is 2.77 bits per heavy atom. The van der Waals surface area contributed by atoms with Crippen LogP contribution < -0.4 is 10.4 Å². The molecule has 1 heterocycles. The van der Waals surface area contributed by atoms with Crippen molar-refractivity contribution >= 4 is 30.1 Å². The Morgan fingerprint density at radius 1 is 1.55 bits per heavy atom. The number of Topliss-reactive ketones (excluding diaryl/α,β-unsaturated/α-hetero) is 1. The molecule has 115 valence electrons. The van der Waals surface area contributed by atoms with Crippen molar-refractivity contribution in [1.82, 2.24) is 0 Å². The maximum atomic E-state index is 11.9. The van der Waals surface area contributed by atoms with Crippen molar-refractivity contribution < 1.29 is 57.1 Å². The van der Waals surface area contributed by atoms with Gasteiger partial charge in [0.15, 0.2) is 0 Å². The number of rotatable bonds is 5. The summed E-state index contributed by atoms with van der Waals surface area (Å²) in [5.74, 6) is 0.0648. The van der Waals surface area contributed by atoms with E-state index in [1.165, 1.54) is 17.9 Å². The van der Waals surface area contributed by atoms with Crippen LogP contribution in [0, 0.1) is 13.0 Å². The monoisotopic (exact) mass is 379 g/mol. The fraction of sp³-hybridized carbons (Fsp3) is 0.429. The molecule has 1 fully saturated rings. The van der Waals surface area contributed by atoms with Gasteiger partial charge < -0.3 is 24.5 Å². The van der Waals surface area contributed by atoms with Gasteiger partial charge >= 0.3 is 13.2 Å². The Labute approximate surface area is 154 Å². The zero-order valence-corrected chi connectivity index (χ0v) is 15.4. The third kappa shape index (κ3) is 4.62. The maximum absolute atomic E-state index is 11.9. The number of anilines is 1. The Hall–Kier alpha value is -0.751. The molecule has 1 aliphatic heterocycles. The fourth-order valence-corrected chi connectivity index (χ4v) is 2.29. The molecule has 1 aliphatic rings. The first-order valence-corrected chi connectivity index (χ1v) is 6.74. The number of benzene rings is 1. The van der Waals surface area contributed by atoms with Crippen LogP contribution in [0.15, 0.2) is 12.1 Å². The van der Waals surface area contributed by atoms with E-state index in [4.69, 9.17) is 14.8 Å². The number of carbonyl (C=O) groups excluding carboxylic acids is 2. The van der Waals surface area contributed by atoms with E-state index in [1.54, 1.807) is 13.0 Å². The Bertz CT molecular complexity index is 566. The molecule has 6 nitrogen and oxygen atoms in total. The summed E-state index contributed by atoms with van der Waals surface area (Å²) in [5, 5.41) is 18.3. The molecular formula is C14H17BNO5Y-. The normalized spacial score (nSPS) is 17.0. The topological polar surface area (TPSA) is 87.1 Å². The minimum Gasteiger partial charge on any atom is -0.445 e. The first-order chi connectivity index (χ1) is 9.88. The molecule has 2 N–H and O–H groups in total. The van der Waals surface area contributed by atoms with Gasteiger partial charge in [-0.15, -0.1) is 11.5 Å². The van der Waals surface area contributed by atoms with E-state index in [-0.39, 0.29) is 50.1 Å². The first-order valence-electron chi connectivity index (χ1n) is 6.74. The quantitative estimate of drug-likeness (QED) is 0.563. The van der Waals surface area contributed by atoms with Crippen molar-refractivity contribution in [3.05, 3.63) is 23.8 Å². The van der Waals surface area contributed by atoms with Gasteiger partial charge in [0.25, 0.3) is 0 Å². The second-order valence-corrected chi connectivity index (χ2v) is 5.19. The largest absolute Gasteiger partial charge is 0.462 e. The van der Waals surface area contributed by atoms with Gasteiger partial charge in [-0.3, -0.25) is 0 Å². The molecule has 1 saturated heterocycles. The molecule has 0 saturated carbocycles. The van der Waals surface area contributed by atoms with Crippen LogP contribution in [-0.4, -0.2) is 41.7 Å². The molecule has 8 heteroatoms. The van der Waals surface area contributed by atoms with Gasteiger partial charge in [-0.05, 0) is 13.3 Å². The van der Waals surface area contributed by atoms with Crippen LogP contribution in [0.25, 0.3) is 0 Å². The molecule has 1 aromatic carbocycles. The smallest absolute Gasteiger partial charge is 0.445 e. The summed E-state index contributed by atoms with van der Waals surface area (Å²) < 4.78 is 5.22. The standard InChI is InChI=1S/C14H17BNO5.Y/c1-9-7-11(4-6-13(9)15(19)20)16-8-12(21-14(16)18)5-3-10(2)17;/h4,7,12,19-20H,3,5,8H2,1-2H3;/q-1;/t12-;/m0./s1. The van der Waals surface area contributed by atoms with Gasteiger partial charge in [0.05, 0.1) is 6.54 Å². The number of hydrogen-bond acceptors (Lipinski definition) is 5. The van der Waals surface area contributed by atoms with E-state index in [0.717, 1.165) is 0 Å². The summed E-state index contributed by atoms with van der Waals surface area (Å²) in [4.78, 5) is 24.3. The third-order valence-corrected chi connectivity index (χ3v) is 3.43. The Kier molecular flexibility index (Phi) is 7.19. The summed E-state index contributed by atoms with van der Waals surface area (Å²) in [5.41, 5.74) is 1.49. The zero-order chi connectivity index (χ0) is 15.6. The van der Waals surface area contributed by atoms with Crippen LogP contribution >= 0.6 is 0 Å². The molecule has 0 bridgehead atoms. The van der Waals surface area contributed by atoms with E-state index in [9.17, 15) is 9.59 Å². The average molecular weight is 379 g/mol. The van der Waals surface area contributed by atoms with Crippen molar-refractivity contribution in [3.8, 4) is 0 Å². The summed E-state index contributed by atoms with van der Waals surface area (Å²) in [6, 6.07) is 5.97. The van der Waals surface area contributed by atoms with E-state index >= 15 is 0 Å². The summed E-state index contributed by atoms with van der Waals surface area (Å²) >= 11 is 0. The first kappa shape index (κ1) is 19.3. The average Bonchev–Trinajstić information content (AvgIpc) is 2.77. The molecule has 0 spiro atoms. The van der Waals surface area contributed by atoms with Crippen LogP contribution in [0.3, 0.4) is 0 Å². The van der Waals surface area contributed by atoms with E-state index in [0.29, 0.717) is 30.6 Å². The molecule has 1 radical (unpaired) electrons. The second kappa shape index (κ2) is 8.20. The number of ketones is 1. The molecule has 1 amide bonds. The van der Waals surface area contributed by atoms with Gasteiger partial charge in [0.1, 0.15) is 11.9 Å². The molecule has 1 aromatic rings. The minimum atomic E-state index is -1.59. The van der Waals surface area contributed by atoms with Crippen molar-refractivity contribution in [1.29, 1.82) is 0 Å². The SMILES string of the molecule is CC(=O)CC[C@H]1CN(c2c[c-]c(B(O)O)c(C)c2)C(=O)O1.[Y]. The molecular weight excluding hydrogens is 362 g/mol. The maximum Gasteiger partial charge on any atom is 0.462 e. The van der Waals surface area contributed by atoms with Gasteiger partial charge in [-0.25, -0.2) is 4.79 Å². The number of carbonyl (C=O) groups is 2. The molecule has 0 aromatic heterocycles. The van der Waals surface area contributed by atoms with Crippen molar-refractivity contribution in [2.75, 3.05) is 11.4 Å². The number of ether oxygens (including phenoxy) is 1. The number of amides is 1. The number of nitrogens with zero attached hydrogens (tertiary/aromatic N) is 1. The summed E-state index contributed by atoms with van der Waals surface area (Å²) in [6.07, 6.45) is 0.124. The predicted octanol–water partition coefficient (Wildman–Crippen LogP) is 0.167. The minimum absolute atomic E-state index is 0. The molecule has 22 heavy (non-hydrogen) atoms. The van der Waals surface area contributed by atoms with Crippen molar-refractivity contribution in [2.45, 2.75) is 32.8 Å². The second-order valence-electron chi connectivity index (χ2n) is 5.19. The van der Waals surface area contributed by atoms with Crippen molar-refractivity contribution in [2.24, 2.45) is 0 Å². The van der Waals surface area contributed by atoms with E-state index < -0.39 is 13.2 Å². The van der Waals surface area contributed by atoms with E-state index in [2.05, 4.69) is 6.07 Å². The predicted molar refractivity (Wildman–Crippen MR) is 77.4 cm³/mol. The number of cyclic esters (lactones) is 1. The Morgan fingerprint density at radius 2 is 2.23 bits per heavy atom. The van der Waals surface area contributed by atoms with Crippen LogP contribution in [0.2, 0.25) is 0 Å². The zero-order valence-electron chi connectivity index (χ0n) is 12.6. The molecule has 1 atom stereocenters. The third-order valence-electron chi connectivity index (χ3n) is 3.43. The van der Waals surface area contributed by atoms with Gasteiger partial charge in [0, 0.05) is 39.1 Å². The Balaban J connectivity index is 0.00000242. The number of hydrogen-bond donors (Lipinski definition) is 2. The summed E-state index contributed by atoms with van der Waals surface area (Å²) in [6.45, 7) is 3.59. The van der Waals surface area contributed by atoms with E-state index in [1.807, 2.05) is 0 Å². The van der Waals surface area contributed by atoms with Gasteiger partial charge in [0.2, 0.25) is 0 Å². The van der Waals surface area contributed by atoms with Crippen LogP contribution in [0.5, 0.6) is 0 Å². The molecule has 0 aliphatic carbocycles. The molecule has 2 rings (SSSR count). The van der Waals surface area contributed by atoms with Crippen LogP contribution in [-0.2, 0) is 42.2 Å². The van der Waals surface area contributed by atoms with Gasteiger partial charge in [-0.1, -0.05) is 12.6 Å². The number of aryl methyl sites for hydroxylation is 1. The fourth-order valence-electron chi connectivity index (χ4n) is 2.29. The molecule has 0 unspecified atom stereocenters. The van der Waals surface area contributed by atoms with Crippen molar-refractivity contribution in [3.63, 3.8) is 0 Å². The van der Waals surface area contributed by atoms with Crippen LogP contribution in [0.4, 0.5) is 10.5 Å².